The number of hydrogen-bond donors (Lipinski definition) is 2. The van der Waals surface area contributed by atoms with Crippen LogP contribution in [-0.4, -0.2) is 34.3 Å². The standard InChI is InChI=1S/C21H15Cl2N7O4S/c1-12-19(21(32)30(28-12)20(31)13-2-4-14(22)5-3-13)27-24-15-6-8-16(9-7-15)35(33,34)29-18-11-10-17(23)25-26-18/h2-11,28H,1H3,(H,26,29). The maximum absolute atomic E-state index is 12.7. The van der Waals surface area contributed by atoms with Crippen LogP contribution in [0.3, 0.4) is 0 Å². The molecule has 11 nitrogen and oxygen atoms in total. The van der Waals surface area contributed by atoms with Crippen molar-refractivity contribution in [3.05, 3.63) is 92.5 Å². The van der Waals surface area contributed by atoms with Crippen LogP contribution in [0.2, 0.25) is 10.2 Å². The van der Waals surface area contributed by atoms with Crippen molar-refractivity contribution in [2.24, 2.45) is 10.2 Å². The lowest BCUT2D eigenvalue weighted by Crippen LogP contribution is -2.25. The van der Waals surface area contributed by atoms with Crippen molar-refractivity contribution in [2.75, 3.05) is 4.72 Å². The molecule has 0 fully saturated rings. The number of H-pyrrole nitrogens is 1. The van der Waals surface area contributed by atoms with Gasteiger partial charge >= 0.3 is 5.56 Å². The summed E-state index contributed by atoms with van der Waals surface area (Å²) in [6.07, 6.45) is 0. The number of aromatic nitrogens is 4. The molecular formula is C21H15Cl2N7O4S. The molecule has 0 aliphatic carbocycles. The molecule has 0 aliphatic heterocycles. The Morgan fingerprint density at radius 2 is 1.66 bits per heavy atom. The van der Waals surface area contributed by atoms with E-state index in [-0.39, 0.29) is 32.8 Å². The van der Waals surface area contributed by atoms with Gasteiger partial charge in [0.15, 0.2) is 16.7 Å². The van der Waals surface area contributed by atoms with E-state index < -0.39 is 21.5 Å². The average molecular weight is 532 g/mol. The third-order valence-corrected chi connectivity index (χ3v) is 6.44. The Labute approximate surface area is 208 Å². The highest BCUT2D eigenvalue weighted by Crippen LogP contribution is 2.22. The Hall–Kier alpha value is -3.87. The van der Waals surface area contributed by atoms with Crippen molar-refractivity contribution < 1.29 is 13.2 Å². The Balaban J connectivity index is 1.52. The molecule has 2 aromatic carbocycles. The molecule has 0 unspecified atom stereocenters. The summed E-state index contributed by atoms with van der Waals surface area (Å²) in [5.74, 6) is -0.575. The van der Waals surface area contributed by atoms with Crippen LogP contribution in [0.1, 0.15) is 16.1 Å². The summed E-state index contributed by atoms with van der Waals surface area (Å²) in [5, 5.41) is 18.4. The fraction of sp³-hybridized carbons (Fsp3) is 0.0476. The fourth-order valence-corrected chi connectivity index (χ4v) is 4.11. The topological polar surface area (TPSA) is 152 Å². The number of nitrogens with one attached hydrogen (secondary N) is 2. The molecule has 0 aliphatic rings. The van der Waals surface area contributed by atoms with Crippen molar-refractivity contribution in [3.8, 4) is 0 Å². The van der Waals surface area contributed by atoms with Crippen LogP contribution in [0.15, 0.2) is 80.6 Å². The highest BCUT2D eigenvalue weighted by molar-refractivity contribution is 7.92. The van der Waals surface area contributed by atoms with Gasteiger partial charge in [-0.15, -0.1) is 15.3 Å². The summed E-state index contributed by atoms with van der Waals surface area (Å²) in [5.41, 5.74) is 0.126. The van der Waals surface area contributed by atoms with Gasteiger partial charge in [0.05, 0.1) is 16.3 Å². The van der Waals surface area contributed by atoms with Crippen LogP contribution in [0.25, 0.3) is 0 Å². The van der Waals surface area contributed by atoms with E-state index in [4.69, 9.17) is 23.2 Å². The number of hydrogen-bond acceptors (Lipinski definition) is 8. The molecule has 0 radical (unpaired) electrons. The van der Waals surface area contributed by atoms with E-state index in [1.165, 1.54) is 48.5 Å². The zero-order valence-electron chi connectivity index (χ0n) is 17.8. The number of anilines is 1. The molecule has 178 valence electrons. The number of sulfonamides is 1. The lowest BCUT2D eigenvalue weighted by atomic mass is 10.2. The molecule has 2 N–H and O–H groups in total. The SMILES string of the molecule is Cc1[nH]n(C(=O)c2ccc(Cl)cc2)c(=O)c1N=Nc1ccc(S(=O)(=O)Nc2ccc(Cl)nn2)cc1. The van der Waals surface area contributed by atoms with Crippen molar-refractivity contribution in [1.82, 2.24) is 20.0 Å². The quantitative estimate of drug-likeness (QED) is 0.349. The number of azo groups is 1. The molecular weight excluding hydrogens is 517 g/mol. The Kier molecular flexibility index (Phi) is 6.78. The lowest BCUT2D eigenvalue weighted by molar-refractivity contribution is 0.0941. The van der Waals surface area contributed by atoms with Crippen molar-refractivity contribution in [1.29, 1.82) is 0 Å². The third-order valence-electron chi connectivity index (χ3n) is 4.62. The first-order chi connectivity index (χ1) is 16.6. The minimum absolute atomic E-state index is 0.00511. The molecule has 0 spiro atoms. The van der Waals surface area contributed by atoms with Crippen LogP contribution in [0.5, 0.6) is 0 Å². The molecule has 2 heterocycles. The molecule has 0 amide bonds. The van der Waals surface area contributed by atoms with Crippen molar-refractivity contribution in [2.45, 2.75) is 11.8 Å². The monoisotopic (exact) mass is 531 g/mol. The summed E-state index contributed by atoms with van der Waals surface area (Å²) in [6, 6.07) is 14.3. The summed E-state index contributed by atoms with van der Waals surface area (Å²) in [6.45, 7) is 1.57. The number of rotatable bonds is 6. The van der Waals surface area contributed by atoms with E-state index in [0.717, 1.165) is 4.68 Å². The van der Waals surface area contributed by atoms with Gasteiger partial charge in [-0.3, -0.25) is 19.4 Å². The predicted molar refractivity (Wildman–Crippen MR) is 129 cm³/mol. The molecule has 0 bridgehead atoms. The molecule has 2 aromatic heterocycles. The largest absolute Gasteiger partial charge is 0.302 e. The number of nitrogens with zero attached hydrogens (tertiary/aromatic N) is 5. The van der Waals surface area contributed by atoms with Gasteiger partial charge in [-0.05, 0) is 67.6 Å². The Morgan fingerprint density at radius 1 is 0.971 bits per heavy atom. The third kappa shape index (κ3) is 5.45. The number of carbonyl (C=O) groups excluding carboxylic acids is 1. The number of carbonyl (C=O) groups is 1. The van der Waals surface area contributed by atoms with E-state index in [1.807, 2.05) is 0 Å². The second kappa shape index (κ2) is 9.78. The van der Waals surface area contributed by atoms with Gasteiger partial charge < -0.3 is 0 Å². The van der Waals surface area contributed by atoms with Crippen LogP contribution in [0, 0.1) is 6.92 Å². The van der Waals surface area contributed by atoms with Crippen LogP contribution < -0.4 is 10.3 Å². The van der Waals surface area contributed by atoms with Gasteiger partial charge in [0.25, 0.3) is 15.9 Å². The van der Waals surface area contributed by atoms with Gasteiger partial charge in [0.2, 0.25) is 0 Å². The second-order valence-electron chi connectivity index (χ2n) is 7.08. The lowest BCUT2D eigenvalue weighted by Gasteiger charge is -2.06. The zero-order chi connectivity index (χ0) is 25.2. The molecule has 0 saturated heterocycles. The van der Waals surface area contributed by atoms with E-state index in [2.05, 4.69) is 30.2 Å². The van der Waals surface area contributed by atoms with Crippen LogP contribution >= 0.6 is 23.2 Å². The predicted octanol–water partition coefficient (Wildman–Crippen LogP) is 4.49. The minimum Gasteiger partial charge on any atom is -0.290 e. The summed E-state index contributed by atoms with van der Waals surface area (Å²) in [4.78, 5) is 25.3. The maximum atomic E-state index is 12.7. The first-order valence-electron chi connectivity index (χ1n) is 9.80. The van der Waals surface area contributed by atoms with Gasteiger partial charge in [-0.25, -0.2) is 8.42 Å². The van der Waals surface area contributed by atoms with Gasteiger partial charge in [0, 0.05) is 10.6 Å². The number of halogens is 2. The number of aryl methyl sites for hydroxylation is 1. The first kappa shape index (κ1) is 24.3. The first-order valence-corrected chi connectivity index (χ1v) is 12.0. The van der Waals surface area contributed by atoms with Crippen molar-refractivity contribution >= 4 is 56.3 Å². The van der Waals surface area contributed by atoms with E-state index in [1.54, 1.807) is 19.1 Å². The summed E-state index contributed by atoms with van der Waals surface area (Å²) >= 11 is 11.5. The molecule has 35 heavy (non-hydrogen) atoms. The summed E-state index contributed by atoms with van der Waals surface area (Å²) < 4.78 is 28.1. The fourth-order valence-electron chi connectivity index (χ4n) is 2.89. The van der Waals surface area contributed by atoms with Crippen LogP contribution in [0.4, 0.5) is 17.2 Å². The molecule has 4 rings (SSSR count). The highest BCUT2D eigenvalue weighted by Gasteiger charge is 2.18. The summed E-state index contributed by atoms with van der Waals surface area (Å²) in [7, 11) is -3.93. The molecule has 0 atom stereocenters. The Bertz CT molecular complexity index is 1580. The van der Waals surface area contributed by atoms with Crippen molar-refractivity contribution in [3.63, 3.8) is 0 Å². The van der Waals surface area contributed by atoms with Gasteiger partial charge in [0.1, 0.15) is 0 Å². The Morgan fingerprint density at radius 3 is 2.29 bits per heavy atom. The van der Waals surface area contributed by atoms with E-state index in [0.29, 0.717) is 10.7 Å². The van der Waals surface area contributed by atoms with E-state index in [9.17, 15) is 18.0 Å². The van der Waals surface area contributed by atoms with E-state index >= 15 is 0 Å². The second-order valence-corrected chi connectivity index (χ2v) is 9.58. The zero-order valence-corrected chi connectivity index (χ0v) is 20.1. The number of benzene rings is 2. The normalized spacial score (nSPS) is 11.6. The maximum Gasteiger partial charge on any atom is 0.302 e. The number of aromatic amines is 1. The van der Waals surface area contributed by atoms with Gasteiger partial charge in [-0.2, -0.15) is 9.80 Å². The average Bonchev–Trinajstić information content (AvgIpc) is 3.12. The smallest absolute Gasteiger partial charge is 0.290 e. The van der Waals surface area contributed by atoms with Crippen LogP contribution in [-0.2, 0) is 10.0 Å². The van der Waals surface area contributed by atoms with Gasteiger partial charge in [-0.1, -0.05) is 23.2 Å². The molecule has 0 saturated carbocycles. The highest BCUT2D eigenvalue weighted by atomic mass is 35.5. The molecule has 4 aromatic rings. The molecule has 14 heteroatoms. The minimum atomic E-state index is -3.93.